The van der Waals surface area contributed by atoms with Crippen LogP contribution in [0.2, 0.25) is 0 Å². The summed E-state index contributed by atoms with van der Waals surface area (Å²) in [7, 11) is 5.07. The van der Waals surface area contributed by atoms with Crippen LogP contribution in [0.4, 0.5) is 4.39 Å². The largest absolute Gasteiger partial charge is 0.496 e. The first-order valence-electron chi connectivity index (χ1n) is 6.16. The van der Waals surface area contributed by atoms with Crippen molar-refractivity contribution in [2.75, 3.05) is 21.2 Å². The Hall–Kier alpha value is -1.68. The van der Waals surface area contributed by atoms with E-state index in [1.54, 1.807) is 11.0 Å². The van der Waals surface area contributed by atoms with E-state index in [0.717, 1.165) is 0 Å². The van der Waals surface area contributed by atoms with E-state index >= 15 is 0 Å². The van der Waals surface area contributed by atoms with Crippen LogP contribution in [0.5, 0.6) is 5.75 Å². The molecule has 0 saturated carbocycles. The Bertz CT molecular complexity index is 483. The molecule has 4 heteroatoms. The number of methoxy groups -OCH3 is 1. The molecule has 0 aliphatic heterocycles. The zero-order valence-corrected chi connectivity index (χ0v) is 11.9. The molecule has 0 radical (unpaired) electrons. The summed E-state index contributed by atoms with van der Waals surface area (Å²) in [6.07, 6.45) is 2.17. The van der Waals surface area contributed by atoms with Crippen LogP contribution in [0, 0.1) is 5.82 Å². The Morgan fingerprint density at radius 2 is 2.16 bits per heavy atom. The number of ketones is 1. The summed E-state index contributed by atoms with van der Waals surface area (Å²) in [5.74, 6) is -0.412. The molecule has 0 N–H and O–H groups in total. The van der Waals surface area contributed by atoms with Gasteiger partial charge in [0.15, 0.2) is 5.78 Å². The number of Topliss-reactive ketones (excluding diaryl/α,β-unsaturated/α-hetero) is 1. The third-order valence-electron chi connectivity index (χ3n) is 3.12. The molecular weight excluding hydrogens is 245 g/mol. The smallest absolute Gasteiger partial charge is 0.182 e. The predicted octanol–water partition coefficient (Wildman–Crippen LogP) is 3.00. The van der Waals surface area contributed by atoms with Gasteiger partial charge in [-0.1, -0.05) is 19.6 Å². The van der Waals surface area contributed by atoms with Crippen LogP contribution < -0.4 is 4.74 Å². The van der Waals surface area contributed by atoms with Gasteiger partial charge in [-0.2, -0.15) is 0 Å². The minimum Gasteiger partial charge on any atom is -0.496 e. The molecule has 0 bridgehead atoms. The van der Waals surface area contributed by atoms with E-state index in [2.05, 4.69) is 6.58 Å². The SMILES string of the molecule is C=Cc1cc(C(=O)C(CC)N(C)C)c(F)cc1OC. The monoisotopic (exact) mass is 265 g/mol. The molecule has 1 rings (SSSR count). The summed E-state index contributed by atoms with van der Waals surface area (Å²) >= 11 is 0. The highest BCUT2D eigenvalue weighted by atomic mass is 19.1. The average Bonchev–Trinajstić information content (AvgIpc) is 2.38. The maximum absolute atomic E-state index is 14.0. The second kappa shape index (κ2) is 6.48. The summed E-state index contributed by atoms with van der Waals surface area (Å²) in [6, 6.07) is 2.39. The van der Waals surface area contributed by atoms with Crippen molar-refractivity contribution in [3.63, 3.8) is 0 Å². The highest BCUT2D eigenvalue weighted by Crippen LogP contribution is 2.25. The van der Waals surface area contributed by atoms with Crippen LogP contribution in [0.15, 0.2) is 18.7 Å². The van der Waals surface area contributed by atoms with Crippen LogP contribution in [0.1, 0.15) is 29.3 Å². The van der Waals surface area contributed by atoms with Crippen molar-refractivity contribution in [2.24, 2.45) is 0 Å². The van der Waals surface area contributed by atoms with Crippen LogP contribution in [-0.4, -0.2) is 37.9 Å². The number of likely N-dealkylation sites (N-methyl/N-ethyl adjacent to an activating group) is 1. The Kier molecular flexibility index (Phi) is 5.24. The zero-order valence-electron chi connectivity index (χ0n) is 11.9. The molecule has 1 unspecified atom stereocenters. The molecule has 1 aromatic carbocycles. The van der Waals surface area contributed by atoms with Crippen molar-refractivity contribution in [1.29, 1.82) is 0 Å². The Morgan fingerprint density at radius 1 is 1.53 bits per heavy atom. The van der Waals surface area contributed by atoms with E-state index in [1.807, 2.05) is 21.0 Å². The van der Waals surface area contributed by atoms with Gasteiger partial charge in [0.25, 0.3) is 0 Å². The maximum atomic E-state index is 14.0. The van der Waals surface area contributed by atoms with E-state index in [0.29, 0.717) is 17.7 Å². The molecular formula is C15H20FNO2. The number of rotatable bonds is 6. The van der Waals surface area contributed by atoms with Gasteiger partial charge in [-0.05, 0) is 26.6 Å². The minimum atomic E-state index is -0.562. The van der Waals surface area contributed by atoms with E-state index in [1.165, 1.54) is 19.2 Å². The topological polar surface area (TPSA) is 29.5 Å². The standard InChI is InChI=1S/C15H20FNO2/c1-6-10-8-11(12(16)9-14(10)19-5)15(18)13(7-2)17(3)4/h6,8-9,13H,1,7H2,2-5H3. The molecule has 0 spiro atoms. The average molecular weight is 265 g/mol. The molecule has 0 saturated heterocycles. The van der Waals surface area contributed by atoms with E-state index in [-0.39, 0.29) is 17.4 Å². The Balaban J connectivity index is 3.27. The molecule has 0 heterocycles. The second-order valence-corrected chi connectivity index (χ2v) is 4.53. The van der Waals surface area contributed by atoms with Crippen LogP contribution >= 0.6 is 0 Å². The Labute approximate surface area is 113 Å². The van der Waals surface area contributed by atoms with Gasteiger partial charge in [-0.25, -0.2) is 4.39 Å². The summed E-state index contributed by atoms with van der Waals surface area (Å²) < 4.78 is 19.1. The summed E-state index contributed by atoms with van der Waals surface area (Å²) in [5, 5.41) is 0. The molecule has 0 aliphatic carbocycles. The molecule has 104 valence electrons. The number of hydrogen-bond acceptors (Lipinski definition) is 3. The number of hydrogen-bond donors (Lipinski definition) is 0. The highest BCUT2D eigenvalue weighted by Gasteiger charge is 2.24. The van der Waals surface area contributed by atoms with E-state index in [9.17, 15) is 9.18 Å². The van der Waals surface area contributed by atoms with Crippen molar-refractivity contribution in [2.45, 2.75) is 19.4 Å². The van der Waals surface area contributed by atoms with Gasteiger partial charge in [0.1, 0.15) is 11.6 Å². The van der Waals surface area contributed by atoms with E-state index in [4.69, 9.17) is 4.74 Å². The van der Waals surface area contributed by atoms with Gasteiger partial charge in [-0.15, -0.1) is 0 Å². The number of carbonyl (C=O) groups is 1. The third-order valence-corrected chi connectivity index (χ3v) is 3.12. The number of halogens is 1. The lowest BCUT2D eigenvalue weighted by Crippen LogP contribution is -2.35. The predicted molar refractivity (Wildman–Crippen MR) is 75.1 cm³/mol. The molecule has 1 atom stereocenters. The maximum Gasteiger partial charge on any atom is 0.182 e. The third kappa shape index (κ3) is 3.20. The molecule has 0 fully saturated rings. The van der Waals surface area contributed by atoms with Crippen LogP contribution in [0.3, 0.4) is 0 Å². The van der Waals surface area contributed by atoms with Gasteiger partial charge in [0.2, 0.25) is 0 Å². The Morgan fingerprint density at radius 3 is 2.58 bits per heavy atom. The van der Waals surface area contributed by atoms with Crippen molar-refractivity contribution in [3.05, 3.63) is 35.7 Å². The number of ether oxygens (including phenoxy) is 1. The van der Waals surface area contributed by atoms with Crippen molar-refractivity contribution in [1.82, 2.24) is 4.90 Å². The molecule has 0 aliphatic rings. The first-order valence-corrected chi connectivity index (χ1v) is 6.16. The summed E-state index contributed by atoms with van der Waals surface area (Å²) in [5.41, 5.74) is 0.692. The number of benzene rings is 1. The second-order valence-electron chi connectivity index (χ2n) is 4.53. The molecule has 0 aromatic heterocycles. The van der Waals surface area contributed by atoms with Gasteiger partial charge in [0, 0.05) is 11.6 Å². The first-order chi connectivity index (χ1) is 8.96. The van der Waals surface area contributed by atoms with Gasteiger partial charge in [-0.3, -0.25) is 9.69 Å². The minimum absolute atomic E-state index is 0.0799. The highest BCUT2D eigenvalue weighted by molar-refractivity contribution is 6.01. The van der Waals surface area contributed by atoms with Crippen molar-refractivity contribution < 1.29 is 13.9 Å². The lowest BCUT2D eigenvalue weighted by atomic mass is 9.98. The number of nitrogens with zero attached hydrogens (tertiary/aromatic N) is 1. The normalized spacial score (nSPS) is 12.3. The molecule has 0 amide bonds. The molecule has 19 heavy (non-hydrogen) atoms. The van der Waals surface area contributed by atoms with Gasteiger partial charge >= 0.3 is 0 Å². The molecule has 1 aromatic rings. The quantitative estimate of drug-likeness (QED) is 0.740. The zero-order chi connectivity index (χ0) is 14.6. The van der Waals surface area contributed by atoms with Crippen LogP contribution in [-0.2, 0) is 0 Å². The number of carbonyl (C=O) groups excluding carboxylic acids is 1. The van der Waals surface area contributed by atoms with Gasteiger partial charge < -0.3 is 4.74 Å². The fraction of sp³-hybridized carbons (Fsp3) is 0.400. The fourth-order valence-electron chi connectivity index (χ4n) is 2.06. The van der Waals surface area contributed by atoms with Gasteiger partial charge in [0.05, 0.1) is 18.7 Å². The van der Waals surface area contributed by atoms with Crippen molar-refractivity contribution >= 4 is 11.9 Å². The van der Waals surface area contributed by atoms with Crippen LogP contribution in [0.25, 0.3) is 6.08 Å². The lowest BCUT2D eigenvalue weighted by molar-refractivity contribution is 0.0867. The summed E-state index contributed by atoms with van der Waals surface area (Å²) in [6.45, 7) is 5.55. The lowest BCUT2D eigenvalue weighted by Gasteiger charge is -2.22. The fourth-order valence-corrected chi connectivity index (χ4v) is 2.06. The first kappa shape index (κ1) is 15.4. The molecule has 3 nitrogen and oxygen atoms in total. The summed E-state index contributed by atoms with van der Waals surface area (Å²) in [4.78, 5) is 14.1. The van der Waals surface area contributed by atoms with E-state index < -0.39 is 5.82 Å². The van der Waals surface area contributed by atoms with Crippen molar-refractivity contribution in [3.8, 4) is 5.75 Å².